The summed E-state index contributed by atoms with van der Waals surface area (Å²) < 4.78 is 5.22. The van der Waals surface area contributed by atoms with Gasteiger partial charge in [-0.2, -0.15) is 0 Å². The summed E-state index contributed by atoms with van der Waals surface area (Å²) >= 11 is 0. The lowest BCUT2D eigenvalue weighted by molar-refractivity contribution is -0.141. The van der Waals surface area contributed by atoms with Crippen LogP contribution in [0.5, 0.6) is 0 Å². The summed E-state index contributed by atoms with van der Waals surface area (Å²) in [5.41, 5.74) is 0. The minimum atomic E-state index is -0.250. The summed E-state index contributed by atoms with van der Waals surface area (Å²) in [7, 11) is 0. The number of carbonyl (C=O) groups excluding carboxylic acids is 2. The molecule has 1 aliphatic heterocycles. The summed E-state index contributed by atoms with van der Waals surface area (Å²) in [5.74, 6) is 0.643. The van der Waals surface area contributed by atoms with Crippen molar-refractivity contribution in [2.24, 2.45) is 11.8 Å². The van der Waals surface area contributed by atoms with E-state index in [1.54, 1.807) is 4.90 Å². The maximum atomic E-state index is 12.0. The molecule has 0 aromatic rings. The first-order chi connectivity index (χ1) is 9.13. The smallest absolute Gasteiger partial charge is 0.224 e. The number of nitrogens with one attached hydrogen (secondary N) is 1. The molecule has 0 spiro atoms. The maximum absolute atomic E-state index is 12.0. The average molecular weight is 270 g/mol. The van der Waals surface area contributed by atoms with E-state index in [1.807, 2.05) is 0 Å². The van der Waals surface area contributed by atoms with Gasteiger partial charge in [-0.05, 0) is 12.3 Å². The molecule has 0 aromatic heterocycles. The van der Waals surface area contributed by atoms with Crippen LogP contribution in [0.4, 0.5) is 0 Å². The Kier molecular flexibility index (Phi) is 4.76. The van der Waals surface area contributed by atoms with Gasteiger partial charge in [0.2, 0.25) is 11.8 Å². The Morgan fingerprint density at radius 2 is 2.21 bits per heavy atom. The lowest BCUT2D eigenvalue weighted by atomic mass is 10.2. The van der Waals surface area contributed by atoms with Crippen LogP contribution in [0.3, 0.4) is 0 Å². The predicted octanol–water partition coefficient (Wildman–Crippen LogP) is -0.632. The van der Waals surface area contributed by atoms with Crippen molar-refractivity contribution in [3.05, 3.63) is 0 Å². The van der Waals surface area contributed by atoms with Gasteiger partial charge >= 0.3 is 0 Å². The van der Waals surface area contributed by atoms with E-state index in [4.69, 9.17) is 4.74 Å². The van der Waals surface area contributed by atoms with E-state index in [9.17, 15) is 14.7 Å². The van der Waals surface area contributed by atoms with Crippen molar-refractivity contribution in [3.8, 4) is 0 Å². The number of aliphatic hydroxyl groups excluding tert-OH is 1. The summed E-state index contributed by atoms with van der Waals surface area (Å²) in [6.07, 6.45) is 1.24. The van der Waals surface area contributed by atoms with Crippen molar-refractivity contribution in [1.82, 2.24) is 10.2 Å². The number of hydrogen-bond acceptors (Lipinski definition) is 4. The molecular weight excluding hydrogens is 248 g/mol. The molecule has 0 bridgehead atoms. The standard InChI is InChI=1S/C13H22N2O4/c1-9-6-11(9)13(18)14-3-2-12(17)15-4-5-19-8-10(15)7-16/h9-11,16H,2-8H2,1H3,(H,14,18). The van der Waals surface area contributed by atoms with Gasteiger partial charge in [-0.15, -0.1) is 0 Å². The Morgan fingerprint density at radius 1 is 1.47 bits per heavy atom. The molecule has 0 aromatic carbocycles. The minimum Gasteiger partial charge on any atom is -0.394 e. The third-order valence-corrected chi connectivity index (χ3v) is 3.84. The highest BCUT2D eigenvalue weighted by Gasteiger charge is 2.38. The number of hydrogen-bond donors (Lipinski definition) is 2. The Balaban J connectivity index is 1.69. The second kappa shape index (κ2) is 6.34. The summed E-state index contributed by atoms with van der Waals surface area (Å²) in [6.45, 7) is 3.74. The quantitative estimate of drug-likeness (QED) is 0.697. The number of aliphatic hydroxyl groups is 1. The van der Waals surface area contributed by atoms with Gasteiger partial charge in [0.15, 0.2) is 0 Å². The first-order valence-electron chi connectivity index (χ1n) is 6.89. The highest BCUT2D eigenvalue weighted by Crippen LogP contribution is 2.37. The molecule has 0 radical (unpaired) electrons. The average Bonchev–Trinajstić information content (AvgIpc) is 3.15. The van der Waals surface area contributed by atoms with Crippen LogP contribution in [0.15, 0.2) is 0 Å². The lowest BCUT2D eigenvalue weighted by Gasteiger charge is -2.34. The summed E-state index contributed by atoms with van der Waals surface area (Å²) in [4.78, 5) is 25.3. The van der Waals surface area contributed by atoms with Crippen molar-refractivity contribution < 1.29 is 19.4 Å². The van der Waals surface area contributed by atoms with Crippen LogP contribution in [0.25, 0.3) is 0 Å². The van der Waals surface area contributed by atoms with Crippen LogP contribution >= 0.6 is 0 Å². The predicted molar refractivity (Wildman–Crippen MR) is 68.3 cm³/mol. The Hall–Kier alpha value is -1.14. The van der Waals surface area contributed by atoms with Crippen LogP contribution in [-0.2, 0) is 14.3 Å². The fourth-order valence-corrected chi connectivity index (χ4v) is 2.39. The fraction of sp³-hybridized carbons (Fsp3) is 0.846. The van der Waals surface area contributed by atoms with Crippen LogP contribution in [-0.4, -0.2) is 60.8 Å². The second-order valence-electron chi connectivity index (χ2n) is 5.36. The molecule has 6 heteroatoms. The van der Waals surface area contributed by atoms with Gasteiger partial charge in [0.05, 0.1) is 25.9 Å². The summed E-state index contributed by atoms with van der Waals surface area (Å²) in [5, 5.41) is 12.0. The van der Waals surface area contributed by atoms with E-state index < -0.39 is 0 Å². The van der Waals surface area contributed by atoms with Gasteiger partial charge in [0.1, 0.15) is 0 Å². The zero-order chi connectivity index (χ0) is 13.8. The first-order valence-corrected chi connectivity index (χ1v) is 6.89. The van der Waals surface area contributed by atoms with E-state index in [0.29, 0.717) is 32.2 Å². The second-order valence-corrected chi connectivity index (χ2v) is 5.36. The molecule has 1 saturated heterocycles. The summed E-state index contributed by atoms with van der Waals surface area (Å²) in [6, 6.07) is -0.250. The first kappa shape index (κ1) is 14.3. The number of amides is 2. The normalized spacial score (nSPS) is 30.0. The molecule has 3 atom stereocenters. The Morgan fingerprint density at radius 3 is 2.84 bits per heavy atom. The van der Waals surface area contributed by atoms with Crippen LogP contribution in [0, 0.1) is 11.8 Å². The highest BCUT2D eigenvalue weighted by atomic mass is 16.5. The van der Waals surface area contributed by atoms with E-state index >= 15 is 0 Å². The zero-order valence-electron chi connectivity index (χ0n) is 11.3. The highest BCUT2D eigenvalue weighted by molar-refractivity contribution is 5.82. The van der Waals surface area contributed by atoms with E-state index in [2.05, 4.69) is 12.2 Å². The molecule has 2 aliphatic rings. The van der Waals surface area contributed by atoms with Crippen molar-refractivity contribution in [3.63, 3.8) is 0 Å². The minimum absolute atomic E-state index is 0.0357. The topological polar surface area (TPSA) is 78.9 Å². The van der Waals surface area contributed by atoms with Gasteiger partial charge in [0, 0.05) is 25.4 Å². The van der Waals surface area contributed by atoms with Crippen molar-refractivity contribution in [2.75, 3.05) is 32.9 Å². The zero-order valence-corrected chi connectivity index (χ0v) is 11.3. The number of ether oxygens (including phenoxy) is 1. The lowest BCUT2D eigenvalue weighted by Crippen LogP contribution is -2.51. The third-order valence-electron chi connectivity index (χ3n) is 3.84. The molecular formula is C13H22N2O4. The number of nitrogens with zero attached hydrogens (tertiary/aromatic N) is 1. The molecule has 2 N–H and O–H groups in total. The molecule has 2 amide bonds. The monoisotopic (exact) mass is 270 g/mol. The van der Waals surface area contributed by atoms with Crippen LogP contribution in [0.2, 0.25) is 0 Å². The molecule has 108 valence electrons. The fourth-order valence-electron chi connectivity index (χ4n) is 2.39. The van der Waals surface area contributed by atoms with Gasteiger partial charge in [-0.3, -0.25) is 9.59 Å². The maximum Gasteiger partial charge on any atom is 0.224 e. The molecule has 3 unspecified atom stereocenters. The number of carbonyl (C=O) groups is 2. The van der Waals surface area contributed by atoms with Gasteiger partial charge in [-0.1, -0.05) is 6.92 Å². The van der Waals surface area contributed by atoms with Crippen LogP contribution < -0.4 is 5.32 Å². The van der Waals surface area contributed by atoms with Crippen molar-refractivity contribution in [1.29, 1.82) is 0 Å². The largest absolute Gasteiger partial charge is 0.394 e. The van der Waals surface area contributed by atoms with Crippen LogP contribution in [0.1, 0.15) is 19.8 Å². The molecule has 1 aliphatic carbocycles. The van der Waals surface area contributed by atoms with Crippen molar-refractivity contribution in [2.45, 2.75) is 25.8 Å². The SMILES string of the molecule is CC1CC1C(=O)NCCC(=O)N1CCOCC1CO. The Labute approximate surface area is 113 Å². The van der Waals surface area contributed by atoms with Gasteiger partial charge < -0.3 is 20.1 Å². The molecule has 2 fully saturated rings. The van der Waals surface area contributed by atoms with Crippen molar-refractivity contribution >= 4 is 11.8 Å². The molecule has 1 heterocycles. The molecule has 1 saturated carbocycles. The molecule has 19 heavy (non-hydrogen) atoms. The molecule has 2 rings (SSSR count). The van der Waals surface area contributed by atoms with Gasteiger partial charge in [0.25, 0.3) is 0 Å². The van der Waals surface area contributed by atoms with E-state index in [1.165, 1.54) is 0 Å². The Bertz CT molecular complexity index is 348. The van der Waals surface area contributed by atoms with E-state index in [-0.39, 0.29) is 36.8 Å². The number of morpholine rings is 1. The van der Waals surface area contributed by atoms with E-state index in [0.717, 1.165) is 6.42 Å². The molecule has 6 nitrogen and oxygen atoms in total. The van der Waals surface area contributed by atoms with Gasteiger partial charge in [-0.25, -0.2) is 0 Å². The number of rotatable bonds is 5. The third kappa shape index (κ3) is 3.67.